The van der Waals surface area contributed by atoms with E-state index in [4.69, 9.17) is 22.9 Å². The average molecular weight is 402 g/mol. The van der Waals surface area contributed by atoms with Crippen molar-refractivity contribution in [2.24, 2.45) is 0 Å². The van der Waals surface area contributed by atoms with Gasteiger partial charge in [-0.3, -0.25) is 19.3 Å². The Bertz CT molecular complexity index is 914. The molecule has 0 saturated carbocycles. The van der Waals surface area contributed by atoms with E-state index in [9.17, 15) is 9.59 Å². The number of carbonyl (C=O) groups excluding carboxylic acids is 2. The van der Waals surface area contributed by atoms with E-state index in [1.54, 1.807) is 18.2 Å². The number of rotatable bonds is 7. The summed E-state index contributed by atoms with van der Waals surface area (Å²) in [5.41, 5.74) is 0.771. The van der Waals surface area contributed by atoms with Gasteiger partial charge in [-0.25, -0.2) is 16.5 Å². The molecule has 0 aliphatic carbocycles. The number of aromatic nitrogens is 2. The summed E-state index contributed by atoms with van der Waals surface area (Å²) in [6, 6.07) is 5.22. The summed E-state index contributed by atoms with van der Waals surface area (Å²) in [4.78, 5) is 38.1. The minimum Gasteiger partial charge on any atom is -0.494 e. The van der Waals surface area contributed by atoms with Crippen LogP contribution in [0.5, 0.6) is 5.75 Å². The molecule has 8 nitrogen and oxygen atoms in total. The van der Waals surface area contributed by atoms with Crippen molar-refractivity contribution in [2.75, 3.05) is 25.6 Å². The van der Waals surface area contributed by atoms with Gasteiger partial charge in [-0.2, -0.15) is 0 Å². The monoisotopic (exact) mass is 401 g/mol. The SMILES string of the molecule is [C-]#[N+][C@@H]1CCCN1C(=O)CNC(=O)c1ncnc2ccc(OCCCCl)cc12. The third-order valence-corrected chi connectivity index (χ3v) is 4.73. The van der Waals surface area contributed by atoms with Gasteiger partial charge in [0.25, 0.3) is 5.91 Å². The zero-order chi connectivity index (χ0) is 19.9. The molecule has 1 N–H and O–H groups in total. The van der Waals surface area contributed by atoms with Crippen LogP contribution in [0.15, 0.2) is 24.5 Å². The van der Waals surface area contributed by atoms with Gasteiger partial charge < -0.3 is 10.1 Å². The largest absolute Gasteiger partial charge is 0.494 e. The number of hydrogen-bond donors (Lipinski definition) is 1. The summed E-state index contributed by atoms with van der Waals surface area (Å²) in [5.74, 6) is 0.353. The van der Waals surface area contributed by atoms with Crippen molar-refractivity contribution in [2.45, 2.75) is 25.4 Å². The fourth-order valence-corrected chi connectivity index (χ4v) is 3.18. The van der Waals surface area contributed by atoms with Gasteiger partial charge in [0.05, 0.1) is 18.7 Å². The lowest BCUT2D eigenvalue weighted by molar-refractivity contribution is -0.130. The van der Waals surface area contributed by atoms with Crippen LogP contribution >= 0.6 is 11.6 Å². The van der Waals surface area contributed by atoms with E-state index in [0.717, 1.165) is 6.42 Å². The van der Waals surface area contributed by atoms with Gasteiger partial charge >= 0.3 is 6.17 Å². The topological polar surface area (TPSA) is 88.8 Å². The Labute approximate surface area is 167 Å². The quantitative estimate of drug-likeness (QED) is 0.436. The zero-order valence-corrected chi connectivity index (χ0v) is 16.0. The maximum atomic E-state index is 12.6. The summed E-state index contributed by atoms with van der Waals surface area (Å²) >= 11 is 5.66. The van der Waals surface area contributed by atoms with Gasteiger partial charge in [0.1, 0.15) is 17.8 Å². The van der Waals surface area contributed by atoms with Crippen molar-refractivity contribution in [1.82, 2.24) is 20.2 Å². The number of alkyl halides is 1. The predicted octanol–water partition coefficient (Wildman–Crippen LogP) is 2.24. The van der Waals surface area contributed by atoms with Crippen LogP contribution in [-0.2, 0) is 4.79 Å². The highest BCUT2D eigenvalue weighted by Gasteiger charge is 2.32. The van der Waals surface area contributed by atoms with Crippen LogP contribution in [0.1, 0.15) is 29.8 Å². The molecule has 1 fully saturated rings. The lowest BCUT2D eigenvalue weighted by Gasteiger charge is -2.16. The van der Waals surface area contributed by atoms with E-state index < -0.39 is 12.1 Å². The number of halogens is 1. The lowest BCUT2D eigenvalue weighted by atomic mass is 10.1. The normalized spacial score (nSPS) is 16.0. The van der Waals surface area contributed by atoms with Crippen molar-refractivity contribution < 1.29 is 14.3 Å². The molecule has 3 rings (SSSR count). The Morgan fingerprint density at radius 1 is 1.39 bits per heavy atom. The number of nitrogens with zero attached hydrogens (tertiary/aromatic N) is 4. The second-order valence-electron chi connectivity index (χ2n) is 6.31. The Morgan fingerprint density at radius 2 is 2.25 bits per heavy atom. The van der Waals surface area contributed by atoms with E-state index >= 15 is 0 Å². The first kappa shape index (κ1) is 19.8. The summed E-state index contributed by atoms with van der Waals surface area (Å²) in [6.07, 6.45) is 3.06. The summed E-state index contributed by atoms with van der Waals surface area (Å²) in [6.45, 7) is 7.99. The summed E-state index contributed by atoms with van der Waals surface area (Å²) in [7, 11) is 0. The van der Waals surface area contributed by atoms with Crippen molar-refractivity contribution in [1.29, 1.82) is 0 Å². The molecular formula is C19H20ClN5O3. The van der Waals surface area contributed by atoms with Crippen molar-refractivity contribution in [3.8, 4) is 5.75 Å². The van der Waals surface area contributed by atoms with Crippen LogP contribution in [0.3, 0.4) is 0 Å². The van der Waals surface area contributed by atoms with E-state index in [-0.39, 0.29) is 18.1 Å². The molecule has 0 radical (unpaired) electrons. The Balaban J connectivity index is 1.71. The number of ether oxygens (including phenoxy) is 1. The first-order valence-corrected chi connectivity index (χ1v) is 9.55. The fourth-order valence-electron chi connectivity index (χ4n) is 3.07. The minimum atomic E-state index is -0.475. The van der Waals surface area contributed by atoms with Crippen LogP contribution in [0, 0.1) is 6.57 Å². The molecule has 2 heterocycles. The summed E-state index contributed by atoms with van der Waals surface area (Å²) in [5, 5.41) is 3.14. The van der Waals surface area contributed by atoms with Gasteiger partial charge in [0.15, 0.2) is 0 Å². The molecule has 1 aromatic heterocycles. The molecule has 9 heteroatoms. The Hall–Kier alpha value is -2.92. The molecule has 1 aliphatic heterocycles. The first-order valence-electron chi connectivity index (χ1n) is 9.02. The molecule has 1 atom stereocenters. The summed E-state index contributed by atoms with van der Waals surface area (Å²) < 4.78 is 5.62. The van der Waals surface area contributed by atoms with Gasteiger partial charge in [0, 0.05) is 24.2 Å². The molecule has 0 bridgehead atoms. The van der Waals surface area contributed by atoms with Gasteiger partial charge in [-0.05, 0) is 31.0 Å². The molecule has 1 aromatic carbocycles. The maximum absolute atomic E-state index is 12.6. The number of nitrogens with one attached hydrogen (secondary N) is 1. The van der Waals surface area contributed by atoms with Crippen molar-refractivity contribution in [3.63, 3.8) is 0 Å². The number of carbonyl (C=O) groups is 2. The molecule has 1 aliphatic rings. The minimum absolute atomic E-state index is 0.170. The number of likely N-dealkylation sites (tertiary alicyclic amines) is 1. The van der Waals surface area contributed by atoms with Crippen LogP contribution in [0.25, 0.3) is 15.7 Å². The van der Waals surface area contributed by atoms with Crippen LogP contribution in [-0.4, -0.2) is 58.4 Å². The van der Waals surface area contributed by atoms with Crippen molar-refractivity contribution >= 4 is 34.3 Å². The highest BCUT2D eigenvalue weighted by Crippen LogP contribution is 2.22. The smallest absolute Gasteiger partial charge is 0.300 e. The molecule has 2 amide bonds. The highest BCUT2D eigenvalue weighted by atomic mass is 35.5. The second kappa shape index (κ2) is 9.33. The molecule has 28 heavy (non-hydrogen) atoms. The van der Waals surface area contributed by atoms with Gasteiger partial charge in [-0.1, -0.05) is 0 Å². The molecule has 1 saturated heterocycles. The van der Waals surface area contributed by atoms with E-state index in [2.05, 4.69) is 20.1 Å². The van der Waals surface area contributed by atoms with Crippen LogP contribution < -0.4 is 10.1 Å². The van der Waals surface area contributed by atoms with Crippen LogP contribution in [0.2, 0.25) is 0 Å². The van der Waals surface area contributed by atoms with Gasteiger partial charge in [0.2, 0.25) is 5.91 Å². The number of amides is 2. The lowest BCUT2D eigenvalue weighted by Crippen LogP contribution is -2.41. The first-order chi connectivity index (χ1) is 13.6. The Morgan fingerprint density at radius 3 is 3.04 bits per heavy atom. The Kier molecular flexibility index (Phi) is 6.61. The average Bonchev–Trinajstić information content (AvgIpc) is 3.20. The highest BCUT2D eigenvalue weighted by molar-refractivity contribution is 6.17. The standard InChI is InChI=1S/C19H20ClN5O3/c1-21-16-4-2-8-25(16)17(26)11-22-19(27)18-14-10-13(28-9-3-7-20)5-6-15(14)23-12-24-18/h5-6,10,12,16H,2-4,7-9,11H2,(H,22,27)/t16-/m0/s1. The zero-order valence-electron chi connectivity index (χ0n) is 15.2. The molecule has 0 spiro atoms. The van der Waals surface area contributed by atoms with E-state index in [0.29, 0.717) is 48.5 Å². The van der Waals surface area contributed by atoms with Crippen LogP contribution in [0.4, 0.5) is 0 Å². The number of benzene rings is 1. The van der Waals surface area contributed by atoms with E-state index in [1.807, 2.05) is 0 Å². The third kappa shape index (κ3) is 4.49. The number of hydrogen-bond acceptors (Lipinski definition) is 5. The second-order valence-corrected chi connectivity index (χ2v) is 6.69. The molecule has 146 valence electrons. The maximum Gasteiger partial charge on any atom is 0.300 e. The molecular weight excluding hydrogens is 382 g/mol. The van der Waals surface area contributed by atoms with Gasteiger partial charge in [-0.15, -0.1) is 11.6 Å². The van der Waals surface area contributed by atoms with E-state index in [1.165, 1.54) is 11.2 Å². The third-order valence-electron chi connectivity index (χ3n) is 4.46. The van der Waals surface area contributed by atoms with Crippen molar-refractivity contribution in [3.05, 3.63) is 41.6 Å². The molecule has 2 aromatic rings. The molecule has 0 unspecified atom stereocenters. The fraction of sp³-hybridized carbons (Fsp3) is 0.421. The predicted molar refractivity (Wildman–Crippen MR) is 104 cm³/mol. The number of fused-ring (bicyclic) bond motifs is 1.